The number of fused-ring (bicyclic) bond motifs is 1. The van der Waals surface area contributed by atoms with Crippen LogP contribution in [0.2, 0.25) is 0 Å². The van der Waals surface area contributed by atoms with E-state index < -0.39 is 0 Å². The number of benzene rings is 1. The minimum atomic E-state index is -0.225. The van der Waals surface area contributed by atoms with E-state index in [0.717, 1.165) is 52.3 Å². The van der Waals surface area contributed by atoms with E-state index in [1.165, 1.54) is 0 Å². The molecule has 0 saturated carbocycles. The van der Waals surface area contributed by atoms with Crippen molar-refractivity contribution in [1.82, 2.24) is 19.8 Å². The summed E-state index contributed by atoms with van der Waals surface area (Å²) < 4.78 is 5.13. The molecule has 2 aromatic rings. The van der Waals surface area contributed by atoms with Gasteiger partial charge in [-0.2, -0.15) is 0 Å². The minimum absolute atomic E-state index is 0.0294. The maximum absolute atomic E-state index is 12.2. The zero-order chi connectivity index (χ0) is 18.5. The predicted octanol–water partition coefficient (Wildman–Crippen LogP) is 1.72. The number of piperazine rings is 1. The SMILES string of the molecule is COCCN1CCN(CCC(Br)c2nc3c(O)cccc3c(=O)[nH]2)CC1. The molecule has 142 valence electrons. The number of aromatic amines is 1. The van der Waals surface area contributed by atoms with Gasteiger partial charge in [0.25, 0.3) is 5.56 Å². The number of aromatic hydroxyl groups is 1. The Morgan fingerprint density at radius 2 is 1.96 bits per heavy atom. The van der Waals surface area contributed by atoms with E-state index in [0.29, 0.717) is 16.7 Å². The van der Waals surface area contributed by atoms with E-state index in [2.05, 4.69) is 35.7 Å². The molecule has 1 atom stereocenters. The predicted molar refractivity (Wildman–Crippen MR) is 105 cm³/mol. The summed E-state index contributed by atoms with van der Waals surface area (Å²) in [6.07, 6.45) is 0.833. The van der Waals surface area contributed by atoms with E-state index in [1.807, 2.05) is 0 Å². The number of H-pyrrole nitrogens is 1. The molecule has 1 saturated heterocycles. The Morgan fingerprint density at radius 1 is 1.27 bits per heavy atom. The highest BCUT2D eigenvalue weighted by Crippen LogP contribution is 2.26. The Kier molecular flexibility index (Phi) is 6.63. The summed E-state index contributed by atoms with van der Waals surface area (Å²) in [5, 5.41) is 10.4. The van der Waals surface area contributed by atoms with Crippen LogP contribution in [0.5, 0.6) is 5.75 Å². The molecule has 2 N–H and O–H groups in total. The summed E-state index contributed by atoms with van der Waals surface area (Å²) in [6.45, 7) is 6.85. The highest BCUT2D eigenvalue weighted by molar-refractivity contribution is 9.09. The molecule has 0 spiro atoms. The van der Waals surface area contributed by atoms with Crippen molar-refractivity contribution >= 4 is 26.8 Å². The Labute approximate surface area is 161 Å². The number of halogens is 1. The zero-order valence-corrected chi connectivity index (χ0v) is 16.5. The number of hydrogen-bond acceptors (Lipinski definition) is 6. The fourth-order valence-electron chi connectivity index (χ4n) is 3.20. The summed E-state index contributed by atoms with van der Waals surface area (Å²) in [5.41, 5.74) is 0.125. The monoisotopic (exact) mass is 424 g/mol. The molecule has 8 heteroatoms. The number of nitrogens with one attached hydrogen (secondary N) is 1. The number of ether oxygens (including phenoxy) is 1. The van der Waals surface area contributed by atoms with Gasteiger partial charge in [-0.3, -0.25) is 9.69 Å². The molecule has 1 unspecified atom stereocenters. The van der Waals surface area contributed by atoms with Gasteiger partial charge in [-0.1, -0.05) is 22.0 Å². The minimum Gasteiger partial charge on any atom is -0.506 e. The topological polar surface area (TPSA) is 81.7 Å². The molecule has 1 aliphatic rings. The fourth-order valence-corrected chi connectivity index (χ4v) is 3.62. The maximum atomic E-state index is 12.2. The van der Waals surface area contributed by atoms with Crippen molar-refractivity contribution in [3.8, 4) is 5.75 Å². The van der Waals surface area contributed by atoms with Gasteiger partial charge in [-0.25, -0.2) is 4.98 Å². The number of para-hydroxylation sites is 1. The van der Waals surface area contributed by atoms with Crippen LogP contribution in [0.25, 0.3) is 10.9 Å². The second-order valence-electron chi connectivity index (χ2n) is 6.56. The van der Waals surface area contributed by atoms with E-state index in [1.54, 1.807) is 25.3 Å². The number of rotatable bonds is 7. The normalized spacial score (nSPS) is 17.6. The molecule has 3 rings (SSSR count). The molecule has 0 aliphatic carbocycles. The Morgan fingerprint density at radius 3 is 2.65 bits per heavy atom. The largest absolute Gasteiger partial charge is 0.506 e. The van der Waals surface area contributed by atoms with Gasteiger partial charge < -0.3 is 19.7 Å². The van der Waals surface area contributed by atoms with E-state index in [9.17, 15) is 9.90 Å². The van der Waals surface area contributed by atoms with Gasteiger partial charge in [0.05, 0.1) is 16.8 Å². The fraction of sp³-hybridized carbons (Fsp3) is 0.556. The van der Waals surface area contributed by atoms with Crippen LogP contribution in [-0.2, 0) is 4.74 Å². The summed E-state index contributed by atoms with van der Waals surface area (Å²) in [6, 6.07) is 4.86. The molecule has 1 aliphatic heterocycles. The molecule has 0 radical (unpaired) electrons. The average Bonchev–Trinajstić information content (AvgIpc) is 2.66. The third-order valence-electron chi connectivity index (χ3n) is 4.81. The molecule has 0 amide bonds. The second-order valence-corrected chi connectivity index (χ2v) is 7.66. The lowest BCUT2D eigenvalue weighted by molar-refractivity contribution is 0.0964. The summed E-state index contributed by atoms with van der Waals surface area (Å²) >= 11 is 3.64. The highest BCUT2D eigenvalue weighted by Gasteiger charge is 2.19. The molecule has 7 nitrogen and oxygen atoms in total. The van der Waals surface area contributed by atoms with Crippen LogP contribution >= 0.6 is 15.9 Å². The lowest BCUT2D eigenvalue weighted by Crippen LogP contribution is -2.47. The van der Waals surface area contributed by atoms with Crippen molar-refractivity contribution in [3.63, 3.8) is 0 Å². The van der Waals surface area contributed by atoms with Crippen LogP contribution in [0.3, 0.4) is 0 Å². The zero-order valence-electron chi connectivity index (χ0n) is 14.9. The molecule has 1 fully saturated rings. The Hall–Kier alpha value is -1.48. The third-order valence-corrected chi connectivity index (χ3v) is 5.70. The van der Waals surface area contributed by atoms with Crippen LogP contribution < -0.4 is 5.56 Å². The van der Waals surface area contributed by atoms with Gasteiger partial charge in [0.2, 0.25) is 0 Å². The van der Waals surface area contributed by atoms with Gasteiger partial charge in [-0.15, -0.1) is 0 Å². The average molecular weight is 425 g/mol. The van der Waals surface area contributed by atoms with Crippen LogP contribution in [0.15, 0.2) is 23.0 Å². The number of aromatic nitrogens is 2. The van der Waals surface area contributed by atoms with Gasteiger partial charge >= 0.3 is 0 Å². The maximum Gasteiger partial charge on any atom is 0.258 e. The van der Waals surface area contributed by atoms with Gasteiger partial charge in [0.1, 0.15) is 17.1 Å². The van der Waals surface area contributed by atoms with E-state index in [4.69, 9.17) is 4.74 Å². The molecule has 1 aromatic heterocycles. The first-order valence-corrected chi connectivity index (χ1v) is 9.79. The van der Waals surface area contributed by atoms with Gasteiger partial charge in [-0.05, 0) is 25.1 Å². The standard InChI is InChI=1S/C18H25BrN4O3/c1-26-12-11-23-9-7-22(8-10-23)6-5-14(19)17-20-16-13(18(25)21-17)3-2-4-15(16)24/h2-4,14,24H,5-12H2,1H3,(H,20,21,25). The summed E-state index contributed by atoms with van der Waals surface area (Å²) in [4.78, 5) is 24.3. The smallest absolute Gasteiger partial charge is 0.258 e. The third kappa shape index (κ3) is 4.62. The lowest BCUT2D eigenvalue weighted by atomic mass is 10.2. The van der Waals surface area contributed by atoms with E-state index >= 15 is 0 Å². The molecule has 2 heterocycles. The van der Waals surface area contributed by atoms with E-state index in [-0.39, 0.29) is 16.1 Å². The van der Waals surface area contributed by atoms with Gasteiger partial charge in [0.15, 0.2) is 0 Å². The quantitative estimate of drug-likeness (QED) is 0.658. The first-order valence-electron chi connectivity index (χ1n) is 8.88. The van der Waals surface area contributed by atoms with Crippen molar-refractivity contribution in [2.24, 2.45) is 0 Å². The Bertz CT molecular complexity index is 790. The number of hydrogen-bond donors (Lipinski definition) is 2. The van der Waals surface area contributed by atoms with Gasteiger partial charge in [0, 0.05) is 39.8 Å². The first-order chi connectivity index (χ1) is 12.6. The Balaban J connectivity index is 1.57. The molecule has 26 heavy (non-hydrogen) atoms. The van der Waals surface area contributed by atoms with Crippen LogP contribution in [-0.4, -0.2) is 77.9 Å². The number of phenolic OH excluding ortho intramolecular Hbond substituents is 1. The number of nitrogens with zero attached hydrogens (tertiary/aromatic N) is 3. The van der Waals surface area contributed by atoms with Crippen molar-refractivity contribution < 1.29 is 9.84 Å². The number of phenols is 1. The molecule has 0 bridgehead atoms. The van der Waals surface area contributed by atoms with Crippen molar-refractivity contribution in [3.05, 3.63) is 34.4 Å². The first kappa shape index (κ1) is 19.3. The number of methoxy groups -OCH3 is 1. The van der Waals surface area contributed by atoms with Crippen LogP contribution in [0.1, 0.15) is 17.1 Å². The molecular formula is C18H25BrN4O3. The van der Waals surface area contributed by atoms with Crippen LogP contribution in [0, 0.1) is 0 Å². The van der Waals surface area contributed by atoms with Crippen molar-refractivity contribution in [2.45, 2.75) is 11.2 Å². The highest BCUT2D eigenvalue weighted by atomic mass is 79.9. The molecule has 1 aromatic carbocycles. The number of alkyl halides is 1. The summed E-state index contributed by atoms with van der Waals surface area (Å²) in [7, 11) is 1.73. The molecular weight excluding hydrogens is 400 g/mol. The summed E-state index contributed by atoms with van der Waals surface area (Å²) in [5.74, 6) is 0.587. The van der Waals surface area contributed by atoms with Crippen LogP contribution in [0.4, 0.5) is 0 Å². The second kappa shape index (κ2) is 8.94. The van der Waals surface area contributed by atoms with Crippen molar-refractivity contribution in [1.29, 1.82) is 0 Å². The van der Waals surface area contributed by atoms with Crippen molar-refractivity contribution in [2.75, 3.05) is 53.0 Å². The lowest BCUT2D eigenvalue weighted by Gasteiger charge is -2.34.